The molecule has 0 radical (unpaired) electrons. The van der Waals surface area contributed by atoms with Crippen molar-refractivity contribution in [1.29, 1.82) is 0 Å². The highest BCUT2D eigenvalue weighted by atomic mass is 15.3. The van der Waals surface area contributed by atoms with Gasteiger partial charge in [0.15, 0.2) is 0 Å². The Morgan fingerprint density at radius 2 is 2.31 bits per heavy atom. The van der Waals surface area contributed by atoms with Crippen molar-refractivity contribution in [2.24, 2.45) is 11.8 Å². The molecule has 1 aromatic rings. The Morgan fingerprint density at radius 1 is 1.44 bits per heavy atom. The summed E-state index contributed by atoms with van der Waals surface area (Å²) < 4.78 is 0. The van der Waals surface area contributed by atoms with Gasteiger partial charge < -0.3 is 10.2 Å². The maximum absolute atomic E-state index is 4.50. The number of aromatic nitrogens is 1. The number of nitrogens with one attached hydrogen (secondary N) is 1. The molecule has 16 heavy (non-hydrogen) atoms. The molecule has 2 aliphatic rings. The minimum atomic E-state index is 0.620. The van der Waals surface area contributed by atoms with Gasteiger partial charge in [0.25, 0.3) is 0 Å². The summed E-state index contributed by atoms with van der Waals surface area (Å²) in [6.07, 6.45) is 1.92. The molecule has 1 aromatic heterocycles. The second-order valence-corrected chi connectivity index (χ2v) is 5.17. The molecule has 0 spiro atoms. The molecule has 0 saturated carbocycles. The molecule has 3 unspecified atom stereocenters. The number of hydrogen-bond donors (Lipinski definition) is 1. The predicted octanol–water partition coefficient (Wildman–Crippen LogP) is 1.43. The van der Waals surface area contributed by atoms with E-state index in [9.17, 15) is 0 Å². The molecule has 3 heteroatoms. The zero-order chi connectivity index (χ0) is 11.1. The maximum atomic E-state index is 4.50. The third kappa shape index (κ3) is 1.50. The van der Waals surface area contributed by atoms with E-state index in [0.717, 1.165) is 24.2 Å². The average Bonchev–Trinajstić information content (AvgIpc) is 2.82. The minimum absolute atomic E-state index is 0.620. The van der Waals surface area contributed by atoms with Crippen LogP contribution in [0.5, 0.6) is 0 Å². The Labute approximate surface area is 96.9 Å². The highest BCUT2D eigenvalue weighted by Gasteiger charge is 2.42. The van der Waals surface area contributed by atoms with Gasteiger partial charge in [0.05, 0.1) is 0 Å². The normalized spacial score (nSPS) is 33.1. The van der Waals surface area contributed by atoms with Crippen LogP contribution < -0.4 is 10.2 Å². The second-order valence-electron chi connectivity index (χ2n) is 5.17. The van der Waals surface area contributed by atoms with Gasteiger partial charge in [0.2, 0.25) is 0 Å². The number of hydrogen-bond acceptors (Lipinski definition) is 3. The van der Waals surface area contributed by atoms with Gasteiger partial charge in [-0.1, -0.05) is 0 Å². The topological polar surface area (TPSA) is 28.2 Å². The summed E-state index contributed by atoms with van der Waals surface area (Å²) >= 11 is 0. The molecular weight excluding hydrogens is 198 g/mol. The van der Waals surface area contributed by atoms with E-state index in [2.05, 4.69) is 41.2 Å². The van der Waals surface area contributed by atoms with Crippen LogP contribution in [0.4, 0.5) is 5.82 Å². The van der Waals surface area contributed by atoms with Crippen molar-refractivity contribution >= 4 is 5.82 Å². The summed E-state index contributed by atoms with van der Waals surface area (Å²) in [5, 5.41) is 3.49. The van der Waals surface area contributed by atoms with E-state index in [-0.39, 0.29) is 0 Å². The first-order valence-electron chi connectivity index (χ1n) is 6.16. The molecule has 2 aliphatic heterocycles. The lowest BCUT2D eigenvalue weighted by molar-refractivity contribution is 0.471. The molecule has 2 saturated heterocycles. The summed E-state index contributed by atoms with van der Waals surface area (Å²) in [5.74, 6) is 2.78. The molecule has 0 amide bonds. The summed E-state index contributed by atoms with van der Waals surface area (Å²) in [6.45, 7) is 7.98. The van der Waals surface area contributed by atoms with E-state index in [1.54, 1.807) is 0 Å². The molecule has 3 heterocycles. The number of nitrogens with zero attached hydrogens (tertiary/aromatic N) is 2. The Bertz CT molecular complexity index is 391. The van der Waals surface area contributed by atoms with Crippen LogP contribution in [0.2, 0.25) is 0 Å². The van der Waals surface area contributed by atoms with Gasteiger partial charge in [-0.3, -0.25) is 0 Å². The molecule has 2 fully saturated rings. The van der Waals surface area contributed by atoms with Crippen LogP contribution in [0.15, 0.2) is 18.3 Å². The van der Waals surface area contributed by atoms with Crippen molar-refractivity contribution < 1.29 is 0 Å². The summed E-state index contributed by atoms with van der Waals surface area (Å²) in [4.78, 5) is 6.98. The second kappa shape index (κ2) is 3.74. The molecule has 3 nitrogen and oxygen atoms in total. The molecule has 0 aliphatic carbocycles. The number of pyridine rings is 1. The molecular formula is C13H19N3. The Balaban J connectivity index is 1.86. The van der Waals surface area contributed by atoms with Gasteiger partial charge >= 0.3 is 0 Å². The highest BCUT2D eigenvalue weighted by Crippen LogP contribution is 2.34. The highest BCUT2D eigenvalue weighted by molar-refractivity contribution is 5.44. The number of anilines is 1. The molecule has 0 aromatic carbocycles. The van der Waals surface area contributed by atoms with E-state index in [1.165, 1.54) is 18.7 Å². The molecule has 3 rings (SSSR count). The summed E-state index contributed by atoms with van der Waals surface area (Å²) in [5.41, 5.74) is 1.30. The molecule has 1 N–H and O–H groups in total. The fraction of sp³-hybridized carbons (Fsp3) is 0.615. The van der Waals surface area contributed by atoms with Gasteiger partial charge in [-0.2, -0.15) is 0 Å². The molecule has 86 valence electrons. The van der Waals surface area contributed by atoms with Crippen molar-refractivity contribution in [2.75, 3.05) is 24.5 Å². The van der Waals surface area contributed by atoms with Gasteiger partial charge in [0.1, 0.15) is 5.82 Å². The largest absolute Gasteiger partial charge is 0.353 e. The number of aryl methyl sites for hydroxylation is 1. The summed E-state index contributed by atoms with van der Waals surface area (Å²) in [7, 11) is 0. The smallest absolute Gasteiger partial charge is 0.128 e. The van der Waals surface area contributed by atoms with Crippen LogP contribution in [-0.4, -0.2) is 30.7 Å². The number of fused-ring (bicyclic) bond motifs is 1. The van der Waals surface area contributed by atoms with Crippen LogP contribution in [-0.2, 0) is 0 Å². The van der Waals surface area contributed by atoms with E-state index >= 15 is 0 Å². The van der Waals surface area contributed by atoms with Crippen molar-refractivity contribution in [3.8, 4) is 0 Å². The first-order valence-corrected chi connectivity index (χ1v) is 6.16. The van der Waals surface area contributed by atoms with Gasteiger partial charge in [0, 0.05) is 31.9 Å². The van der Waals surface area contributed by atoms with E-state index in [4.69, 9.17) is 0 Å². The predicted molar refractivity (Wildman–Crippen MR) is 65.6 cm³/mol. The third-order valence-corrected chi connectivity index (χ3v) is 4.13. The first kappa shape index (κ1) is 10.1. The summed E-state index contributed by atoms with van der Waals surface area (Å²) in [6, 6.07) is 4.88. The van der Waals surface area contributed by atoms with Crippen LogP contribution in [0.1, 0.15) is 12.5 Å². The fourth-order valence-corrected chi connectivity index (χ4v) is 3.15. The van der Waals surface area contributed by atoms with Crippen molar-refractivity contribution in [3.05, 3.63) is 23.9 Å². The van der Waals surface area contributed by atoms with Crippen LogP contribution in [0.25, 0.3) is 0 Å². The van der Waals surface area contributed by atoms with E-state index in [0.29, 0.717) is 6.04 Å². The Morgan fingerprint density at radius 3 is 3.06 bits per heavy atom. The van der Waals surface area contributed by atoms with Gasteiger partial charge in [-0.05, 0) is 43.4 Å². The number of rotatable bonds is 1. The maximum Gasteiger partial charge on any atom is 0.128 e. The quantitative estimate of drug-likeness (QED) is 0.771. The lowest BCUT2D eigenvalue weighted by Crippen LogP contribution is -2.33. The van der Waals surface area contributed by atoms with E-state index in [1.807, 2.05) is 6.20 Å². The Hall–Kier alpha value is -1.09. The minimum Gasteiger partial charge on any atom is -0.353 e. The van der Waals surface area contributed by atoms with E-state index < -0.39 is 0 Å². The fourth-order valence-electron chi connectivity index (χ4n) is 3.15. The SMILES string of the molecule is Cc1ccnc(N2CC3CNCC3C2C)c1. The molecule has 0 bridgehead atoms. The standard InChI is InChI=1S/C13H19N3/c1-9-3-4-15-13(5-9)16-8-11-6-14-7-12(11)10(16)2/h3-5,10-12,14H,6-8H2,1-2H3. The monoisotopic (exact) mass is 217 g/mol. The molecule has 3 atom stereocenters. The zero-order valence-corrected chi connectivity index (χ0v) is 9.98. The first-order chi connectivity index (χ1) is 7.75. The van der Waals surface area contributed by atoms with Crippen LogP contribution in [0.3, 0.4) is 0 Å². The Kier molecular flexibility index (Phi) is 2.36. The van der Waals surface area contributed by atoms with Crippen molar-refractivity contribution in [1.82, 2.24) is 10.3 Å². The van der Waals surface area contributed by atoms with Gasteiger partial charge in [-0.15, -0.1) is 0 Å². The third-order valence-electron chi connectivity index (χ3n) is 4.13. The van der Waals surface area contributed by atoms with Crippen LogP contribution >= 0.6 is 0 Å². The lowest BCUT2D eigenvalue weighted by Gasteiger charge is -2.25. The zero-order valence-electron chi connectivity index (χ0n) is 9.98. The van der Waals surface area contributed by atoms with Gasteiger partial charge in [-0.25, -0.2) is 4.98 Å². The van der Waals surface area contributed by atoms with Crippen molar-refractivity contribution in [3.63, 3.8) is 0 Å². The van der Waals surface area contributed by atoms with Crippen LogP contribution in [0, 0.1) is 18.8 Å². The average molecular weight is 217 g/mol. The lowest BCUT2D eigenvalue weighted by atomic mass is 9.95. The van der Waals surface area contributed by atoms with Crippen molar-refractivity contribution in [2.45, 2.75) is 19.9 Å².